The van der Waals surface area contributed by atoms with E-state index in [9.17, 15) is 20.1 Å². The van der Waals surface area contributed by atoms with E-state index in [1.807, 2.05) is 13.8 Å². The van der Waals surface area contributed by atoms with E-state index in [0.717, 1.165) is 44.9 Å². The second kappa shape index (κ2) is 14.4. The van der Waals surface area contributed by atoms with E-state index in [2.05, 4.69) is 25.5 Å². The SMILES string of the molecule is COC(=O)[C@H](C)[C@@H](O)CC[C@](C)(O)CCCC(C)CCCC(C)(O)CCCC(C)C. The second-order valence-corrected chi connectivity index (χ2v) is 10.6. The molecule has 30 heavy (non-hydrogen) atoms. The van der Waals surface area contributed by atoms with Gasteiger partial charge in [0.2, 0.25) is 0 Å². The van der Waals surface area contributed by atoms with Gasteiger partial charge in [-0.3, -0.25) is 4.79 Å². The van der Waals surface area contributed by atoms with Crippen LogP contribution >= 0.6 is 0 Å². The summed E-state index contributed by atoms with van der Waals surface area (Å²) in [6.45, 7) is 12.1. The van der Waals surface area contributed by atoms with Gasteiger partial charge in [-0.1, -0.05) is 59.3 Å². The highest BCUT2D eigenvalue weighted by atomic mass is 16.5. The van der Waals surface area contributed by atoms with Crippen molar-refractivity contribution in [2.75, 3.05) is 7.11 Å². The van der Waals surface area contributed by atoms with Crippen molar-refractivity contribution < 1.29 is 24.9 Å². The van der Waals surface area contributed by atoms with Crippen LogP contribution < -0.4 is 0 Å². The van der Waals surface area contributed by atoms with E-state index in [1.165, 1.54) is 13.5 Å². The third kappa shape index (κ3) is 14.4. The molecule has 3 N–H and O–H groups in total. The Bertz CT molecular complexity index is 458. The summed E-state index contributed by atoms with van der Waals surface area (Å²) in [5, 5.41) is 31.2. The summed E-state index contributed by atoms with van der Waals surface area (Å²) in [6, 6.07) is 0. The zero-order valence-electron chi connectivity index (χ0n) is 20.7. The largest absolute Gasteiger partial charge is 0.469 e. The molecule has 0 aromatic rings. The van der Waals surface area contributed by atoms with Crippen molar-refractivity contribution in [3.05, 3.63) is 0 Å². The first-order valence-electron chi connectivity index (χ1n) is 12.0. The minimum Gasteiger partial charge on any atom is -0.469 e. The van der Waals surface area contributed by atoms with E-state index >= 15 is 0 Å². The molecule has 0 spiro atoms. The Kier molecular flexibility index (Phi) is 14.1. The topological polar surface area (TPSA) is 87.0 Å². The summed E-state index contributed by atoms with van der Waals surface area (Å²) in [6.07, 6.45) is 8.82. The summed E-state index contributed by atoms with van der Waals surface area (Å²) in [4.78, 5) is 11.5. The van der Waals surface area contributed by atoms with Crippen LogP contribution in [-0.2, 0) is 9.53 Å². The maximum atomic E-state index is 11.5. The highest BCUT2D eigenvalue weighted by molar-refractivity contribution is 5.72. The molecule has 0 heterocycles. The van der Waals surface area contributed by atoms with E-state index in [1.54, 1.807) is 6.92 Å². The molecule has 5 atom stereocenters. The number of rotatable bonds is 17. The lowest BCUT2D eigenvalue weighted by Crippen LogP contribution is -2.31. The highest BCUT2D eigenvalue weighted by Crippen LogP contribution is 2.27. The fourth-order valence-electron chi connectivity index (χ4n) is 4.00. The van der Waals surface area contributed by atoms with Gasteiger partial charge >= 0.3 is 5.97 Å². The number of hydrogen-bond donors (Lipinski definition) is 3. The van der Waals surface area contributed by atoms with Gasteiger partial charge in [0.1, 0.15) is 0 Å². The van der Waals surface area contributed by atoms with Gasteiger partial charge in [-0.25, -0.2) is 0 Å². The predicted octanol–water partition coefficient (Wildman–Crippen LogP) is 5.24. The van der Waals surface area contributed by atoms with Crippen LogP contribution in [0, 0.1) is 17.8 Å². The van der Waals surface area contributed by atoms with Crippen LogP contribution in [0.25, 0.3) is 0 Å². The molecule has 0 saturated heterocycles. The van der Waals surface area contributed by atoms with Crippen molar-refractivity contribution in [3.63, 3.8) is 0 Å². The molecule has 0 aromatic heterocycles. The van der Waals surface area contributed by atoms with Gasteiger partial charge in [0.05, 0.1) is 30.3 Å². The number of methoxy groups -OCH3 is 1. The van der Waals surface area contributed by atoms with E-state index in [-0.39, 0.29) is 0 Å². The quantitative estimate of drug-likeness (QED) is 0.275. The summed E-state index contributed by atoms with van der Waals surface area (Å²) in [7, 11) is 1.32. The van der Waals surface area contributed by atoms with Gasteiger partial charge in [0.15, 0.2) is 0 Å². The summed E-state index contributed by atoms with van der Waals surface area (Å²) < 4.78 is 4.66. The lowest BCUT2D eigenvalue weighted by Gasteiger charge is -2.27. The van der Waals surface area contributed by atoms with Gasteiger partial charge in [-0.15, -0.1) is 0 Å². The van der Waals surface area contributed by atoms with Crippen molar-refractivity contribution in [2.45, 2.75) is 129 Å². The number of ether oxygens (including phenoxy) is 1. The van der Waals surface area contributed by atoms with Gasteiger partial charge in [0, 0.05) is 0 Å². The highest BCUT2D eigenvalue weighted by Gasteiger charge is 2.27. The normalized spacial score (nSPS) is 19.0. The first kappa shape index (κ1) is 29.4. The summed E-state index contributed by atoms with van der Waals surface area (Å²) in [5.74, 6) is 0.262. The number of esters is 1. The predicted molar refractivity (Wildman–Crippen MR) is 123 cm³/mol. The molecule has 0 aliphatic carbocycles. The molecule has 0 fully saturated rings. The van der Waals surface area contributed by atoms with Crippen molar-refractivity contribution >= 4 is 5.97 Å². The third-order valence-corrected chi connectivity index (χ3v) is 6.45. The molecule has 0 bridgehead atoms. The molecule has 0 aliphatic rings. The monoisotopic (exact) mass is 430 g/mol. The smallest absolute Gasteiger partial charge is 0.311 e. The van der Waals surface area contributed by atoms with Gasteiger partial charge < -0.3 is 20.1 Å². The maximum Gasteiger partial charge on any atom is 0.311 e. The maximum absolute atomic E-state index is 11.5. The Morgan fingerprint density at radius 2 is 1.23 bits per heavy atom. The Morgan fingerprint density at radius 1 is 0.800 bits per heavy atom. The van der Waals surface area contributed by atoms with Crippen LogP contribution in [0.5, 0.6) is 0 Å². The lowest BCUT2D eigenvalue weighted by atomic mass is 9.86. The number of aliphatic hydroxyl groups excluding tert-OH is 1. The number of hydrogen-bond acceptors (Lipinski definition) is 5. The molecule has 180 valence electrons. The Hall–Kier alpha value is -0.650. The van der Waals surface area contributed by atoms with Crippen LogP contribution in [0.2, 0.25) is 0 Å². The Morgan fingerprint density at radius 3 is 1.67 bits per heavy atom. The standard InChI is InChI=1S/C25H50O5/c1-19(2)11-8-15-24(5,28)16-9-12-20(3)13-10-17-25(6,29)18-14-22(26)21(4)23(27)30-7/h19-22,26,28-29H,8-18H2,1-7H3/t20?,21-,22+,24?,25-/m1/s1. The molecular weight excluding hydrogens is 380 g/mol. The minimum atomic E-state index is -0.837. The molecule has 0 amide bonds. The average Bonchev–Trinajstić information content (AvgIpc) is 2.64. The van der Waals surface area contributed by atoms with Gasteiger partial charge in [-0.05, 0) is 64.7 Å². The van der Waals surface area contributed by atoms with Crippen molar-refractivity contribution in [1.29, 1.82) is 0 Å². The Balaban J connectivity index is 4.05. The van der Waals surface area contributed by atoms with Gasteiger partial charge in [-0.2, -0.15) is 0 Å². The fraction of sp³-hybridized carbons (Fsp3) is 0.960. The van der Waals surface area contributed by atoms with Crippen LogP contribution in [0.3, 0.4) is 0 Å². The molecule has 0 aromatic carbocycles. The van der Waals surface area contributed by atoms with Crippen LogP contribution in [0.15, 0.2) is 0 Å². The van der Waals surface area contributed by atoms with Crippen LogP contribution in [0.4, 0.5) is 0 Å². The molecule has 2 unspecified atom stereocenters. The van der Waals surface area contributed by atoms with Crippen LogP contribution in [0.1, 0.15) is 112 Å². The molecule has 0 radical (unpaired) electrons. The first-order chi connectivity index (χ1) is 13.8. The molecular formula is C25H50O5. The first-order valence-corrected chi connectivity index (χ1v) is 12.0. The number of carbonyl (C=O) groups excluding carboxylic acids is 1. The Labute approximate surface area is 185 Å². The van der Waals surface area contributed by atoms with E-state index in [4.69, 9.17) is 0 Å². The zero-order valence-corrected chi connectivity index (χ0v) is 20.7. The third-order valence-electron chi connectivity index (χ3n) is 6.45. The average molecular weight is 431 g/mol. The fourth-order valence-corrected chi connectivity index (χ4v) is 4.00. The second-order valence-electron chi connectivity index (χ2n) is 10.6. The van der Waals surface area contributed by atoms with E-state index in [0.29, 0.717) is 31.1 Å². The molecule has 0 rings (SSSR count). The van der Waals surface area contributed by atoms with E-state index < -0.39 is 29.2 Å². The minimum absolute atomic E-state index is 0.380. The van der Waals surface area contributed by atoms with Gasteiger partial charge in [0.25, 0.3) is 0 Å². The lowest BCUT2D eigenvalue weighted by molar-refractivity contribution is -0.149. The van der Waals surface area contributed by atoms with Crippen molar-refractivity contribution in [1.82, 2.24) is 0 Å². The number of aliphatic hydroxyl groups is 3. The number of carbonyl (C=O) groups is 1. The van der Waals surface area contributed by atoms with Crippen molar-refractivity contribution in [3.8, 4) is 0 Å². The molecule has 5 nitrogen and oxygen atoms in total. The summed E-state index contributed by atoms with van der Waals surface area (Å²) in [5.41, 5.74) is -1.39. The molecule has 0 saturated carbocycles. The van der Waals surface area contributed by atoms with Crippen LogP contribution in [-0.4, -0.2) is 45.7 Å². The van der Waals surface area contributed by atoms with Crippen molar-refractivity contribution in [2.24, 2.45) is 17.8 Å². The summed E-state index contributed by atoms with van der Waals surface area (Å²) >= 11 is 0. The molecule has 5 heteroatoms. The molecule has 0 aliphatic heterocycles. The zero-order chi connectivity index (χ0) is 23.4.